The Balaban J connectivity index is 1.88. The van der Waals surface area contributed by atoms with Crippen LogP contribution in [-0.4, -0.2) is 24.8 Å². The van der Waals surface area contributed by atoms with Crippen molar-refractivity contribution >= 4 is 0 Å². The highest BCUT2D eigenvalue weighted by Crippen LogP contribution is 2.34. The fraction of sp³-hybridized carbons (Fsp3) is 1.00. The van der Waals surface area contributed by atoms with Gasteiger partial charge in [0.25, 0.3) is 0 Å². The minimum atomic E-state index is 0.264. The first kappa shape index (κ1) is 12.0. The summed E-state index contributed by atoms with van der Waals surface area (Å²) in [5.74, 6) is 1.98. The second-order valence-corrected chi connectivity index (χ2v) is 4.64. The number of rotatable bonds is 7. The molecule has 0 spiro atoms. The molecule has 0 aliphatic heterocycles. The Morgan fingerprint density at radius 2 is 2.07 bits per heavy atom. The maximum Gasteiger partial charge on any atom is 0.0555 e. The summed E-state index contributed by atoms with van der Waals surface area (Å²) in [5, 5.41) is 11.8. The van der Waals surface area contributed by atoms with Gasteiger partial charge in [-0.05, 0) is 24.8 Å². The van der Waals surface area contributed by atoms with E-state index < -0.39 is 0 Å². The molecule has 0 aromatic carbocycles. The maximum absolute atomic E-state index is 8.57. The van der Waals surface area contributed by atoms with E-state index in [9.17, 15) is 0 Å². The molecule has 2 atom stereocenters. The van der Waals surface area contributed by atoms with Gasteiger partial charge in [0.1, 0.15) is 0 Å². The van der Waals surface area contributed by atoms with Gasteiger partial charge in [0, 0.05) is 6.54 Å². The smallest absolute Gasteiger partial charge is 0.0555 e. The molecule has 0 aromatic rings. The maximum atomic E-state index is 8.57. The molecule has 1 aliphatic rings. The van der Waals surface area contributed by atoms with Crippen LogP contribution in [0.3, 0.4) is 0 Å². The lowest BCUT2D eigenvalue weighted by molar-refractivity contribution is 0.291. The highest BCUT2D eigenvalue weighted by atomic mass is 16.3. The van der Waals surface area contributed by atoms with Crippen molar-refractivity contribution in [2.45, 2.75) is 45.4 Å². The van der Waals surface area contributed by atoms with Gasteiger partial charge < -0.3 is 10.4 Å². The molecule has 0 saturated heterocycles. The van der Waals surface area contributed by atoms with Gasteiger partial charge >= 0.3 is 0 Å². The zero-order valence-corrected chi connectivity index (χ0v) is 9.47. The predicted octanol–water partition coefficient (Wildman–Crippen LogP) is 2.17. The predicted molar refractivity (Wildman–Crippen MR) is 60.3 cm³/mol. The molecule has 0 heterocycles. The third-order valence-electron chi connectivity index (χ3n) is 3.51. The molecule has 0 amide bonds. The lowest BCUT2D eigenvalue weighted by Gasteiger charge is -2.14. The van der Waals surface area contributed by atoms with Gasteiger partial charge in [-0.1, -0.05) is 39.0 Å². The lowest BCUT2D eigenvalue weighted by atomic mass is 9.92. The molecule has 1 fully saturated rings. The van der Waals surface area contributed by atoms with E-state index >= 15 is 0 Å². The van der Waals surface area contributed by atoms with Gasteiger partial charge in [-0.15, -0.1) is 0 Å². The van der Waals surface area contributed by atoms with Crippen LogP contribution < -0.4 is 5.32 Å². The Hall–Kier alpha value is -0.0800. The Morgan fingerprint density at radius 3 is 2.71 bits per heavy atom. The molecule has 2 heteroatoms. The summed E-state index contributed by atoms with van der Waals surface area (Å²) in [6.45, 7) is 4.49. The van der Waals surface area contributed by atoms with Crippen LogP contribution in [0.25, 0.3) is 0 Å². The molecule has 0 radical (unpaired) electrons. The van der Waals surface area contributed by atoms with E-state index in [2.05, 4.69) is 12.2 Å². The number of nitrogens with one attached hydrogen (secondary N) is 1. The summed E-state index contributed by atoms with van der Waals surface area (Å²) in [5.41, 5.74) is 0. The zero-order valence-electron chi connectivity index (χ0n) is 9.47. The van der Waals surface area contributed by atoms with Crippen LogP contribution in [0, 0.1) is 11.8 Å². The van der Waals surface area contributed by atoms with Crippen LogP contribution in [0.15, 0.2) is 0 Å². The van der Waals surface area contributed by atoms with Crippen LogP contribution in [-0.2, 0) is 0 Å². The van der Waals surface area contributed by atoms with Crippen molar-refractivity contribution in [1.29, 1.82) is 0 Å². The third kappa shape index (κ3) is 4.43. The lowest BCUT2D eigenvalue weighted by Crippen LogP contribution is -2.19. The summed E-state index contributed by atoms with van der Waals surface area (Å²) in [4.78, 5) is 0. The molecular formula is C12H25NO. The van der Waals surface area contributed by atoms with Crippen molar-refractivity contribution in [3.05, 3.63) is 0 Å². The summed E-state index contributed by atoms with van der Waals surface area (Å²) in [7, 11) is 0. The fourth-order valence-electron chi connectivity index (χ4n) is 2.51. The molecule has 14 heavy (non-hydrogen) atoms. The van der Waals surface area contributed by atoms with Crippen molar-refractivity contribution < 1.29 is 5.11 Å². The minimum absolute atomic E-state index is 0.264. The molecule has 2 nitrogen and oxygen atoms in total. The quantitative estimate of drug-likeness (QED) is 0.616. The van der Waals surface area contributed by atoms with Gasteiger partial charge in [-0.3, -0.25) is 0 Å². The first-order valence-electron chi connectivity index (χ1n) is 6.16. The van der Waals surface area contributed by atoms with E-state index in [4.69, 9.17) is 5.11 Å². The van der Waals surface area contributed by atoms with E-state index in [-0.39, 0.29) is 6.61 Å². The average Bonchev–Trinajstić information content (AvgIpc) is 2.58. The number of unbranched alkanes of at least 4 members (excludes halogenated alkanes) is 1. The van der Waals surface area contributed by atoms with Gasteiger partial charge in [-0.25, -0.2) is 0 Å². The first-order chi connectivity index (χ1) is 6.84. The Morgan fingerprint density at radius 1 is 1.21 bits per heavy atom. The topological polar surface area (TPSA) is 32.3 Å². The Bertz CT molecular complexity index is 138. The average molecular weight is 199 g/mol. The van der Waals surface area contributed by atoms with Gasteiger partial charge in [0.15, 0.2) is 0 Å². The molecule has 2 unspecified atom stereocenters. The number of aliphatic hydroxyl groups excluding tert-OH is 1. The van der Waals surface area contributed by atoms with E-state index in [0.717, 1.165) is 24.9 Å². The van der Waals surface area contributed by atoms with Gasteiger partial charge in [0.05, 0.1) is 6.61 Å². The summed E-state index contributed by atoms with van der Waals surface area (Å²) < 4.78 is 0. The molecule has 0 aromatic heterocycles. The summed E-state index contributed by atoms with van der Waals surface area (Å²) in [6, 6.07) is 0. The van der Waals surface area contributed by atoms with E-state index in [0.29, 0.717) is 0 Å². The van der Waals surface area contributed by atoms with Gasteiger partial charge in [-0.2, -0.15) is 0 Å². The monoisotopic (exact) mass is 199 g/mol. The SMILES string of the molecule is CC1CCCC1CCCCNCCO. The molecule has 1 saturated carbocycles. The highest BCUT2D eigenvalue weighted by Gasteiger charge is 2.22. The van der Waals surface area contributed by atoms with Crippen LogP contribution in [0.4, 0.5) is 0 Å². The summed E-state index contributed by atoms with van der Waals surface area (Å²) >= 11 is 0. The summed E-state index contributed by atoms with van der Waals surface area (Å²) in [6.07, 6.45) is 8.41. The van der Waals surface area contributed by atoms with Gasteiger partial charge in [0.2, 0.25) is 0 Å². The largest absolute Gasteiger partial charge is 0.395 e. The van der Waals surface area contributed by atoms with Crippen LogP contribution in [0.2, 0.25) is 0 Å². The van der Waals surface area contributed by atoms with Crippen LogP contribution >= 0.6 is 0 Å². The van der Waals surface area contributed by atoms with E-state index in [1.807, 2.05) is 0 Å². The minimum Gasteiger partial charge on any atom is -0.395 e. The molecule has 1 aliphatic carbocycles. The normalized spacial score (nSPS) is 27.0. The zero-order chi connectivity index (χ0) is 10.2. The standard InChI is InChI=1S/C12H25NO/c1-11-5-4-7-12(11)6-2-3-8-13-9-10-14/h11-14H,2-10H2,1H3. The Kier molecular flexibility index (Phi) is 6.20. The van der Waals surface area contributed by atoms with Crippen LogP contribution in [0.1, 0.15) is 45.4 Å². The van der Waals surface area contributed by atoms with Crippen molar-refractivity contribution in [2.24, 2.45) is 11.8 Å². The fourth-order valence-corrected chi connectivity index (χ4v) is 2.51. The van der Waals surface area contributed by atoms with E-state index in [1.165, 1.54) is 38.5 Å². The second kappa shape index (κ2) is 7.24. The molecule has 2 N–H and O–H groups in total. The molecule has 84 valence electrons. The third-order valence-corrected chi connectivity index (χ3v) is 3.51. The molecular weight excluding hydrogens is 174 g/mol. The number of hydrogen-bond donors (Lipinski definition) is 2. The molecule has 0 bridgehead atoms. The van der Waals surface area contributed by atoms with Crippen molar-refractivity contribution in [2.75, 3.05) is 19.7 Å². The number of aliphatic hydroxyl groups is 1. The van der Waals surface area contributed by atoms with E-state index in [1.54, 1.807) is 0 Å². The second-order valence-electron chi connectivity index (χ2n) is 4.64. The van der Waals surface area contributed by atoms with Crippen LogP contribution in [0.5, 0.6) is 0 Å². The number of hydrogen-bond acceptors (Lipinski definition) is 2. The van der Waals surface area contributed by atoms with Crippen molar-refractivity contribution in [1.82, 2.24) is 5.32 Å². The van der Waals surface area contributed by atoms with Crippen molar-refractivity contribution in [3.8, 4) is 0 Å². The highest BCUT2D eigenvalue weighted by molar-refractivity contribution is 4.73. The van der Waals surface area contributed by atoms with Crippen molar-refractivity contribution in [3.63, 3.8) is 0 Å². The Labute approximate surface area is 88.1 Å². The first-order valence-corrected chi connectivity index (χ1v) is 6.16. The molecule has 1 rings (SSSR count).